The summed E-state index contributed by atoms with van der Waals surface area (Å²) in [7, 11) is 0. The van der Waals surface area contributed by atoms with Gasteiger partial charge in [0, 0.05) is 10.0 Å². The minimum Gasteiger partial charge on any atom is -0.267 e. The lowest BCUT2D eigenvalue weighted by Crippen LogP contribution is -2.24. The molecular formula is C14H9Cl2N3O. The van der Waals surface area contributed by atoms with Crippen LogP contribution in [0.15, 0.2) is 47.3 Å². The maximum Gasteiger partial charge on any atom is 0.277 e. The monoisotopic (exact) mass is 305 g/mol. The lowest BCUT2D eigenvalue weighted by molar-refractivity contribution is 0.601. The van der Waals surface area contributed by atoms with Crippen LogP contribution in [0.5, 0.6) is 0 Å². The molecule has 100 valence electrons. The maximum absolute atomic E-state index is 12.3. The van der Waals surface area contributed by atoms with Gasteiger partial charge >= 0.3 is 0 Å². The summed E-state index contributed by atoms with van der Waals surface area (Å²) < 4.78 is 1.29. The molecule has 0 bridgehead atoms. The second-order valence-electron chi connectivity index (χ2n) is 4.31. The molecule has 0 amide bonds. The minimum atomic E-state index is -0.193. The first-order valence-corrected chi connectivity index (χ1v) is 6.67. The molecule has 6 heteroatoms. The third-order valence-corrected chi connectivity index (χ3v) is 3.55. The minimum absolute atomic E-state index is 0.193. The quantitative estimate of drug-likeness (QED) is 0.731. The Balaban J connectivity index is 2.07. The third kappa shape index (κ3) is 2.40. The van der Waals surface area contributed by atoms with Crippen LogP contribution in [-0.2, 0) is 6.54 Å². The van der Waals surface area contributed by atoms with Gasteiger partial charge in [0.05, 0.1) is 11.9 Å². The topological polar surface area (TPSA) is 47.8 Å². The van der Waals surface area contributed by atoms with Crippen molar-refractivity contribution < 1.29 is 0 Å². The van der Waals surface area contributed by atoms with Crippen LogP contribution in [-0.4, -0.2) is 15.0 Å². The molecular weight excluding hydrogens is 297 g/mol. The second kappa shape index (κ2) is 5.23. The Morgan fingerprint density at radius 2 is 1.90 bits per heavy atom. The highest BCUT2D eigenvalue weighted by Crippen LogP contribution is 2.21. The van der Waals surface area contributed by atoms with Gasteiger partial charge in [-0.25, -0.2) is 4.68 Å². The summed E-state index contributed by atoms with van der Waals surface area (Å²) >= 11 is 12.0. The van der Waals surface area contributed by atoms with Gasteiger partial charge in [-0.05, 0) is 29.8 Å². The van der Waals surface area contributed by atoms with Crippen LogP contribution in [0.3, 0.4) is 0 Å². The fourth-order valence-corrected chi connectivity index (χ4v) is 2.41. The number of fused-ring (bicyclic) bond motifs is 1. The number of hydrogen-bond acceptors (Lipinski definition) is 3. The van der Waals surface area contributed by atoms with E-state index in [0.29, 0.717) is 20.9 Å². The predicted molar refractivity (Wildman–Crippen MR) is 79.4 cm³/mol. The SMILES string of the molecule is O=c1c2ccccc2nnn1Cc1ccc(Cl)cc1Cl. The second-order valence-corrected chi connectivity index (χ2v) is 5.15. The number of nitrogens with zero attached hydrogens (tertiary/aromatic N) is 3. The van der Waals surface area contributed by atoms with Crippen molar-refractivity contribution in [2.24, 2.45) is 0 Å². The largest absolute Gasteiger partial charge is 0.277 e. The van der Waals surface area contributed by atoms with Crippen molar-refractivity contribution in [3.8, 4) is 0 Å². The fraction of sp³-hybridized carbons (Fsp3) is 0.0714. The number of benzene rings is 2. The van der Waals surface area contributed by atoms with Gasteiger partial charge in [-0.15, -0.1) is 5.10 Å². The van der Waals surface area contributed by atoms with Crippen LogP contribution in [0.25, 0.3) is 10.9 Å². The van der Waals surface area contributed by atoms with Crippen molar-refractivity contribution in [3.63, 3.8) is 0 Å². The van der Waals surface area contributed by atoms with Gasteiger partial charge in [0.2, 0.25) is 0 Å². The molecule has 2 aromatic carbocycles. The van der Waals surface area contributed by atoms with Crippen LogP contribution in [0, 0.1) is 0 Å². The fourth-order valence-electron chi connectivity index (χ4n) is 1.94. The van der Waals surface area contributed by atoms with Gasteiger partial charge < -0.3 is 0 Å². The molecule has 0 aliphatic rings. The lowest BCUT2D eigenvalue weighted by Gasteiger charge is -2.07. The Kier molecular flexibility index (Phi) is 3.42. The van der Waals surface area contributed by atoms with Crippen LogP contribution < -0.4 is 5.56 Å². The molecule has 0 N–H and O–H groups in total. The average Bonchev–Trinajstić information content (AvgIpc) is 2.45. The van der Waals surface area contributed by atoms with Crippen molar-refractivity contribution in [3.05, 3.63) is 68.4 Å². The van der Waals surface area contributed by atoms with E-state index >= 15 is 0 Å². The average molecular weight is 306 g/mol. The summed E-state index contributed by atoms with van der Waals surface area (Å²) in [5, 5.41) is 9.54. The van der Waals surface area contributed by atoms with E-state index in [2.05, 4.69) is 10.3 Å². The van der Waals surface area contributed by atoms with E-state index in [0.717, 1.165) is 5.56 Å². The van der Waals surface area contributed by atoms with Gasteiger partial charge in [-0.2, -0.15) is 0 Å². The van der Waals surface area contributed by atoms with Crippen molar-refractivity contribution in [2.45, 2.75) is 6.54 Å². The molecule has 0 saturated carbocycles. The van der Waals surface area contributed by atoms with E-state index in [4.69, 9.17) is 23.2 Å². The smallest absolute Gasteiger partial charge is 0.267 e. The summed E-state index contributed by atoms with van der Waals surface area (Å²) in [6.45, 7) is 0.257. The zero-order valence-electron chi connectivity index (χ0n) is 10.3. The molecule has 3 rings (SSSR count). The van der Waals surface area contributed by atoms with Crippen LogP contribution in [0.4, 0.5) is 0 Å². The normalized spacial score (nSPS) is 10.9. The maximum atomic E-state index is 12.3. The van der Waals surface area contributed by atoms with Crippen molar-refractivity contribution in [2.75, 3.05) is 0 Å². The summed E-state index contributed by atoms with van der Waals surface area (Å²) in [5.74, 6) is 0. The lowest BCUT2D eigenvalue weighted by atomic mass is 10.2. The number of aromatic nitrogens is 3. The van der Waals surface area contributed by atoms with Crippen LogP contribution in [0.2, 0.25) is 10.0 Å². The molecule has 0 aliphatic heterocycles. The Hall–Kier alpha value is -1.91. The first-order valence-electron chi connectivity index (χ1n) is 5.91. The van der Waals surface area contributed by atoms with E-state index in [1.807, 2.05) is 6.07 Å². The molecule has 20 heavy (non-hydrogen) atoms. The van der Waals surface area contributed by atoms with Crippen LogP contribution in [0.1, 0.15) is 5.56 Å². The molecule has 0 radical (unpaired) electrons. The standard InChI is InChI=1S/C14H9Cl2N3O/c15-10-6-5-9(12(16)7-10)8-19-14(20)11-3-1-2-4-13(11)17-18-19/h1-7H,8H2. The molecule has 0 unspecified atom stereocenters. The molecule has 0 atom stereocenters. The third-order valence-electron chi connectivity index (χ3n) is 2.96. The van der Waals surface area contributed by atoms with Crippen LogP contribution >= 0.6 is 23.2 Å². The summed E-state index contributed by atoms with van der Waals surface area (Å²) in [5.41, 5.74) is 1.15. The molecule has 0 aliphatic carbocycles. The highest BCUT2D eigenvalue weighted by atomic mass is 35.5. The van der Waals surface area contributed by atoms with E-state index in [1.165, 1.54) is 4.68 Å². The summed E-state index contributed by atoms with van der Waals surface area (Å²) in [6.07, 6.45) is 0. The Morgan fingerprint density at radius 3 is 2.70 bits per heavy atom. The molecule has 0 spiro atoms. The van der Waals surface area contributed by atoms with E-state index in [-0.39, 0.29) is 12.1 Å². The number of rotatable bonds is 2. The Bertz CT molecular complexity index is 845. The van der Waals surface area contributed by atoms with Crippen molar-refractivity contribution in [1.29, 1.82) is 0 Å². The van der Waals surface area contributed by atoms with Crippen molar-refractivity contribution in [1.82, 2.24) is 15.0 Å². The predicted octanol–water partition coefficient (Wildman–Crippen LogP) is 3.15. The first-order chi connectivity index (χ1) is 9.65. The molecule has 3 aromatic rings. The molecule has 0 saturated heterocycles. The zero-order valence-corrected chi connectivity index (χ0v) is 11.8. The Labute approximate surface area is 124 Å². The van der Waals surface area contributed by atoms with Gasteiger partial charge in [0.1, 0.15) is 5.52 Å². The van der Waals surface area contributed by atoms with E-state index in [9.17, 15) is 4.79 Å². The van der Waals surface area contributed by atoms with Gasteiger partial charge in [-0.3, -0.25) is 4.79 Å². The van der Waals surface area contributed by atoms with E-state index < -0.39 is 0 Å². The van der Waals surface area contributed by atoms with Gasteiger partial charge in [0.25, 0.3) is 5.56 Å². The van der Waals surface area contributed by atoms with Gasteiger partial charge in [-0.1, -0.05) is 46.6 Å². The highest BCUT2D eigenvalue weighted by molar-refractivity contribution is 6.35. The van der Waals surface area contributed by atoms with Crippen molar-refractivity contribution >= 4 is 34.1 Å². The first kappa shape index (κ1) is 13.1. The van der Waals surface area contributed by atoms with E-state index in [1.54, 1.807) is 36.4 Å². The number of halogens is 2. The molecule has 1 heterocycles. The molecule has 0 fully saturated rings. The summed E-state index contributed by atoms with van der Waals surface area (Å²) in [4.78, 5) is 12.3. The molecule has 1 aromatic heterocycles. The number of hydrogen-bond donors (Lipinski definition) is 0. The zero-order chi connectivity index (χ0) is 14.1. The Morgan fingerprint density at radius 1 is 1.10 bits per heavy atom. The summed E-state index contributed by atoms with van der Waals surface area (Å²) in [6, 6.07) is 12.2. The highest BCUT2D eigenvalue weighted by Gasteiger charge is 2.08. The van der Waals surface area contributed by atoms with Gasteiger partial charge in [0.15, 0.2) is 0 Å². The molecule has 4 nitrogen and oxygen atoms in total.